The van der Waals surface area contributed by atoms with Crippen molar-refractivity contribution in [2.24, 2.45) is 10.9 Å². The molecule has 2 N–H and O–H groups in total. The van der Waals surface area contributed by atoms with E-state index < -0.39 is 0 Å². The lowest BCUT2D eigenvalue weighted by molar-refractivity contribution is 0.0203. The highest BCUT2D eigenvalue weighted by atomic mass is 16.5. The van der Waals surface area contributed by atoms with Gasteiger partial charge in [0.25, 0.3) is 0 Å². The summed E-state index contributed by atoms with van der Waals surface area (Å²) >= 11 is 0. The summed E-state index contributed by atoms with van der Waals surface area (Å²) < 4.78 is 17.0. The normalized spacial score (nSPS) is 15.4. The maximum atomic E-state index is 5.81. The second-order valence-electron chi connectivity index (χ2n) is 7.99. The summed E-state index contributed by atoms with van der Waals surface area (Å²) in [6.07, 6.45) is 4.24. The van der Waals surface area contributed by atoms with E-state index >= 15 is 0 Å². The molecule has 1 saturated heterocycles. The van der Waals surface area contributed by atoms with E-state index in [2.05, 4.69) is 46.8 Å². The zero-order chi connectivity index (χ0) is 21.4. The van der Waals surface area contributed by atoms with Crippen LogP contribution in [0.5, 0.6) is 5.75 Å². The first-order valence-electron chi connectivity index (χ1n) is 11.1. The van der Waals surface area contributed by atoms with E-state index in [1.807, 2.05) is 12.1 Å². The number of guanidine groups is 1. The van der Waals surface area contributed by atoms with E-state index in [0.717, 1.165) is 90.1 Å². The molecule has 0 aliphatic carbocycles. The van der Waals surface area contributed by atoms with Crippen LogP contribution in [0.25, 0.3) is 0 Å². The largest absolute Gasteiger partial charge is 0.494 e. The van der Waals surface area contributed by atoms with E-state index in [1.54, 1.807) is 7.05 Å². The smallest absolute Gasteiger partial charge is 0.191 e. The molecule has 7 nitrogen and oxygen atoms in total. The van der Waals surface area contributed by atoms with E-state index in [0.29, 0.717) is 5.92 Å². The van der Waals surface area contributed by atoms with Crippen molar-refractivity contribution in [3.63, 3.8) is 0 Å². The minimum Gasteiger partial charge on any atom is -0.494 e. The summed E-state index contributed by atoms with van der Waals surface area (Å²) in [5.41, 5.74) is 1.19. The highest BCUT2D eigenvalue weighted by molar-refractivity contribution is 5.79. The number of nitrogens with zero attached hydrogens (tertiary/aromatic N) is 2. The molecule has 0 saturated carbocycles. The zero-order valence-electron chi connectivity index (χ0n) is 19.0. The average molecular weight is 421 g/mol. The van der Waals surface area contributed by atoms with Crippen LogP contribution in [0.4, 0.5) is 0 Å². The molecule has 0 bridgehead atoms. The minimum absolute atomic E-state index is 0.663. The van der Waals surface area contributed by atoms with E-state index in [1.165, 1.54) is 5.56 Å². The first-order chi connectivity index (χ1) is 14.7. The molecule has 0 radical (unpaired) electrons. The van der Waals surface area contributed by atoms with Gasteiger partial charge in [0.05, 0.1) is 6.61 Å². The first-order valence-corrected chi connectivity index (χ1v) is 11.1. The molecule has 0 aromatic heterocycles. The summed E-state index contributed by atoms with van der Waals surface area (Å²) in [7, 11) is 5.95. The van der Waals surface area contributed by atoms with Crippen LogP contribution in [0.15, 0.2) is 29.3 Å². The van der Waals surface area contributed by atoms with Crippen molar-refractivity contribution in [1.29, 1.82) is 0 Å². The molecule has 7 heteroatoms. The van der Waals surface area contributed by atoms with Gasteiger partial charge in [0.2, 0.25) is 0 Å². The Hall–Kier alpha value is -1.83. The fourth-order valence-corrected chi connectivity index (χ4v) is 3.22. The molecule has 2 rings (SSSR count). The van der Waals surface area contributed by atoms with Crippen LogP contribution >= 0.6 is 0 Å². The van der Waals surface area contributed by atoms with Gasteiger partial charge in [-0.25, -0.2) is 0 Å². The molecule has 1 aliphatic heterocycles. The highest BCUT2D eigenvalue weighted by Gasteiger charge is 2.13. The van der Waals surface area contributed by atoms with Gasteiger partial charge in [-0.1, -0.05) is 12.1 Å². The fourth-order valence-electron chi connectivity index (χ4n) is 3.22. The number of nitrogens with one attached hydrogen (secondary N) is 2. The van der Waals surface area contributed by atoms with Gasteiger partial charge in [0.1, 0.15) is 5.75 Å². The summed E-state index contributed by atoms with van der Waals surface area (Å²) in [4.78, 5) is 6.45. The third-order valence-electron chi connectivity index (χ3n) is 5.08. The van der Waals surface area contributed by atoms with Crippen LogP contribution in [0.3, 0.4) is 0 Å². The van der Waals surface area contributed by atoms with Crippen LogP contribution in [0.1, 0.15) is 31.2 Å². The Morgan fingerprint density at radius 3 is 2.57 bits per heavy atom. The monoisotopic (exact) mass is 420 g/mol. The number of ether oxygens (including phenoxy) is 3. The summed E-state index contributed by atoms with van der Waals surface area (Å²) in [5.74, 6) is 2.39. The van der Waals surface area contributed by atoms with Crippen molar-refractivity contribution < 1.29 is 14.2 Å². The second-order valence-corrected chi connectivity index (χ2v) is 7.99. The third kappa shape index (κ3) is 10.8. The second kappa shape index (κ2) is 15.0. The number of rotatable bonds is 13. The average Bonchev–Trinajstić information content (AvgIpc) is 2.77. The van der Waals surface area contributed by atoms with Crippen LogP contribution < -0.4 is 15.4 Å². The highest BCUT2D eigenvalue weighted by Crippen LogP contribution is 2.14. The van der Waals surface area contributed by atoms with Crippen LogP contribution in [-0.2, 0) is 16.0 Å². The lowest BCUT2D eigenvalue weighted by Gasteiger charge is -2.21. The molecule has 170 valence electrons. The van der Waals surface area contributed by atoms with Crippen LogP contribution in [0.2, 0.25) is 0 Å². The Morgan fingerprint density at radius 2 is 1.87 bits per heavy atom. The van der Waals surface area contributed by atoms with Gasteiger partial charge in [-0.3, -0.25) is 4.99 Å². The van der Waals surface area contributed by atoms with Crippen LogP contribution in [-0.4, -0.2) is 78.1 Å². The van der Waals surface area contributed by atoms with E-state index in [9.17, 15) is 0 Å². The van der Waals surface area contributed by atoms with Gasteiger partial charge < -0.3 is 29.7 Å². The fraction of sp³-hybridized carbons (Fsp3) is 0.696. The number of hydrogen-bond donors (Lipinski definition) is 2. The SMILES string of the molecule is CN=C(NCCCOCC1CCOCC1)NCc1ccc(OCCCN(C)C)cc1. The molecule has 0 atom stereocenters. The number of benzene rings is 1. The van der Waals surface area contributed by atoms with Crippen molar-refractivity contribution in [2.45, 2.75) is 32.2 Å². The lowest BCUT2D eigenvalue weighted by Crippen LogP contribution is -2.37. The molecule has 0 amide bonds. The van der Waals surface area contributed by atoms with Crippen LogP contribution in [0, 0.1) is 5.92 Å². The van der Waals surface area contributed by atoms with Gasteiger partial charge in [0.15, 0.2) is 5.96 Å². The molecule has 0 spiro atoms. The van der Waals surface area contributed by atoms with Crippen molar-refractivity contribution in [3.05, 3.63) is 29.8 Å². The molecule has 30 heavy (non-hydrogen) atoms. The molecule has 1 aromatic rings. The van der Waals surface area contributed by atoms with Gasteiger partial charge >= 0.3 is 0 Å². The summed E-state index contributed by atoms with van der Waals surface area (Å²) in [6.45, 7) is 6.73. The van der Waals surface area contributed by atoms with Gasteiger partial charge in [0, 0.05) is 53.1 Å². The Labute approximate surface area is 182 Å². The predicted molar refractivity (Wildman–Crippen MR) is 122 cm³/mol. The molecular formula is C23H40N4O3. The number of aliphatic imine (C=N–C) groups is 1. The Kier molecular flexibility index (Phi) is 12.3. The Balaban J connectivity index is 1.54. The van der Waals surface area contributed by atoms with Gasteiger partial charge in [-0.2, -0.15) is 0 Å². The molecule has 1 aromatic carbocycles. The zero-order valence-corrected chi connectivity index (χ0v) is 19.0. The maximum Gasteiger partial charge on any atom is 0.191 e. The first kappa shape index (κ1) is 24.4. The summed E-state index contributed by atoms with van der Waals surface area (Å²) in [6, 6.07) is 8.23. The maximum absolute atomic E-state index is 5.81. The summed E-state index contributed by atoms with van der Waals surface area (Å²) in [5, 5.41) is 6.69. The third-order valence-corrected chi connectivity index (χ3v) is 5.08. The molecule has 0 unspecified atom stereocenters. The topological polar surface area (TPSA) is 67.4 Å². The lowest BCUT2D eigenvalue weighted by atomic mass is 10.0. The van der Waals surface area contributed by atoms with E-state index in [4.69, 9.17) is 14.2 Å². The Bertz CT molecular complexity index is 587. The van der Waals surface area contributed by atoms with Crippen molar-refractivity contribution in [1.82, 2.24) is 15.5 Å². The quantitative estimate of drug-likeness (QED) is 0.290. The molecular weight excluding hydrogens is 380 g/mol. The Morgan fingerprint density at radius 1 is 1.10 bits per heavy atom. The van der Waals surface area contributed by atoms with Gasteiger partial charge in [-0.05, 0) is 63.4 Å². The van der Waals surface area contributed by atoms with Crippen molar-refractivity contribution in [2.75, 3.05) is 67.3 Å². The predicted octanol–water partition coefficient (Wildman–Crippen LogP) is 2.52. The van der Waals surface area contributed by atoms with E-state index in [-0.39, 0.29) is 0 Å². The minimum atomic E-state index is 0.663. The molecule has 1 heterocycles. The van der Waals surface area contributed by atoms with Crippen molar-refractivity contribution >= 4 is 5.96 Å². The standard InChI is InChI=1S/C23H40N4O3/c1-24-23(25-12-4-14-29-19-21-10-16-28-17-11-21)26-18-20-6-8-22(9-7-20)30-15-5-13-27(2)3/h6-9,21H,4-5,10-19H2,1-3H3,(H2,24,25,26). The number of hydrogen-bond acceptors (Lipinski definition) is 5. The van der Waals surface area contributed by atoms with Crippen molar-refractivity contribution in [3.8, 4) is 5.75 Å². The van der Waals surface area contributed by atoms with Gasteiger partial charge in [-0.15, -0.1) is 0 Å². The molecule has 1 aliphatic rings. The molecule has 1 fully saturated rings.